The Morgan fingerprint density at radius 1 is 1.12 bits per heavy atom. The molecule has 1 saturated carbocycles. The molecule has 5 aromatic rings. The zero-order valence-electron chi connectivity index (χ0n) is 18.2. The van der Waals surface area contributed by atoms with E-state index in [0.29, 0.717) is 23.1 Å². The van der Waals surface area contributed by atoms with Crippen LogP contribution in [0.1, 0.15) is 12.8 Å². The molecule has 1 fully saturated rings. The number of carbonyl (C=O) groups is 1. The predicted octanol–water partition coefficient (Wildman–Crippen LogP) is 4.23. The minimum Gasteiger partial charge on any atom is -0.436 e. The Morgan fingerprint density at radius 2 is 2.00 bits per heavy atom. The number of aryl methyl sites for hydroxylation is 1. The van der Waals surface area contributed by atoms with Gasteiger partial charge in [-0.15, -0.1) is 0 Å². The lowest BCUT2D eigenvalue weighted by Crippen LogP contribution is -2.14. The SMILES string of the molecule is CNc1ncc(-c2nc3cc(-c4ccn(C)n4)ccc3o2)c2cc(NC(=O)C3CC3)ncc12. The van der Waals surface area contributed by atoms with Crippen LogP contribution in [0.4, 0.5) is 11.6 Å². The van der Waals surface area contributed by atoms with Gasteiger partial charge in [0.2, 0.25) is 11.8 Å². The fourth-order valence-corrected chi connectivity index (χ4v) is 3.92. The Hall–Kier alpha value is -4.27. The third-order valence-corrected chi connectivity index (χ3v) is 5.84. The Balaban J connectivity index is 1.45. The Labute approximate surface area is 188 Å². The van der Waals surface area contributed by atoms with Gasteiger partial charge in [-0.1, -0.05) is 0 Å². The first kappa shape index (κ1) is 19.4. The fourth-order valence-electron chi connectivity index (χ4n) is 3.92. The van der Waals surface area contributed by atoms with Crippen LogP contribution in [-0.2, 0) is 11.8 Å². The molecule has 164 valence electrons. The highest BCUT2D eigenvalue weighted by Gasteiger charge is 2.30. The first-order valence-electron chi connectivity index (χ1n) is 10.8. The van der Waals surface area contributed by atoms with Gasteiger partial charge in [0, 0.05) is 54.9 Å². The lowest BCUT2D eigenvalue weighted by Gasteiger charge is -2.10. The average molecular weight is 439 g/mol. The van der Waals surface area contributed by atoms with E-state index in [-0.39, 0.29) is 11.8 Å². The van der Waals surface area contributed by atoms with Crippen molar-refractivity contribution in [3.05, 3.63) is 48.9 Å². The van der Waals surface area contributed by atoms with Crippen molar-refractivity contribution in [2.24, 2.45) is 13.0 Å². The maximum Gasteiger partial charge on any atom is 0.229 e. The minimum absolute atomic E-state index is 0.00945. The molecule has 0 aliphatic heterocycles. The highest BCUT2D eigenvalue weighted by Crippen LogP contribution is 2.35. The van der Waals surface area contributed by atoms with E-state index in [1.165, 1.54) is 0 Å². The first-order chi connectivity index (χ1) is 16.1. The molecule has 0 spiro atoms. The smallest absolute Gasteiger partial charge is 0.229 e. The fraction of sp³-hybridized carbons (Fsp3) is 0.208. The zero-order chi connectivity index (χ0) is 22.5. The number of rotatable bonds is 5. The van der Waals surface area contributed by atoms with Crippen molar-refractivity contribution in [2.75, 3.05) is 17.7 Å². The molecule has 33 heavy (non-hydrogen) atoms. The number of pyridine rings is 2. The number of anilines is 2. The molecule has 0 unspecified atom stereocenters. The summed E-state index contributed by atoms with van der Waals surface area (Å²) < 4.78 is 7.86. The number of nitrogens with zero attached hydrogens (tertiary/aromatic N) is 5. The summed E-state index contributed by atoms with van der Waals surface area (Å²) in [5.74, 6) is 1.75. The maximum absolute atomic E-state index is 12.2. The van der Waals surface area contributed by atoms with Gasteiger partial charge in [-0.25, -0.2) is 15.0 Å². The van der Waals surface area contributed by atoms with E-state index in [2.05, 4.69) is 25.7 Å². The van der Waals surface area contributed by atoms with Crippen molar-refractivity contribution in [1.29, 1.82) is 0 Å². The summed E-state index contributed by atoms with van der Waals surface area (Å²) in [6.07, 6.45) is 7.21. The van der Waals surface area contributed by atoms with Gasteiger partial charge in [0.05, 0.1) is 11.3 Å². The highest BCUT2D eigenvalue weighted by molar-refractivity contribution is 6.03. The van der Waals surface area contributed by atoms with Crippen molar-refractivity contribution in [3.63, 3.8) is 0 Å². The van der Waals surface area contributed by atoms with Crippen LogP contribution in [0.2, 0.25) is 0 Å². The molecule has 1 amide bonds. The summed E-state index contributed by atoms with van der Waals surface area (Å²) in [5, 5.41) is 12.1. The second-order valence-corrected chi connectivity index (χ2v) is 8.23. The zero-order valence-corrected chi connectivity index (χ0v) is 18.2. The van der Waals surface area contributed by atoms with Gasteiger partial charge >= 0.3 is 0 Å². The molecule has 0 bridgehead atoms. The molecule has 0 saturated heterocycles. The molecule has 0 radical (unpaired) electrons. The number of nitrogens with one attached hydrogen (secondary N) is 2. The van der Waals surface area contributed by atoms with Crippen molar-refractivity contribution in [3.8, 4) is 22.7 Å². The van der Waals surface area contributed by atoms with E-state index in [9.17, 15) is 4.79 Å². The topological polar surface area (TPSA) is 111 Å². The number of aromatic nitrogens is 5. The van der Waals surface area contributed by atoms with Gasteiger partial charge in [-0.05, 0) is 43.2 Å². The second kappa shape index (κ2) is 7.40. The lowest BCUT2D eigenvalue weighted by molar-refractivity contribution is -0.117. The third-order valence-electron chi connectivity index (χ3n) is 5.84. The molecule has 1 aliphatic carbocycles. The van der Waals surface area contributed by atoms with Crippen molar-refractivity contribution in [2.45, 2.75) is 12.8 Å². The molecular weight excluding hydrogens is 418 g/mol. The molecule has 1 aromatic carbocycles. The van der Waals surface area contributed by atoms with Crippen LogP contribution < -0.4 is 10.6 Å². The molecule has 9 heteroatoms. The van der Waals surface area contributed by atoms with E-state index in [1.807, 2.05) is 50.6 Å². The first-order valence-corrected chi connectivity index (χ1v) is 10.8. The third kappa shape index (κ3) is 3.47. The van der Waals surface area contributed by atoms with E-state index in [1.54, 1.807) is 17.1 Å². The summed E-state index contributed by atoms with van der Waals surface area (Å²) in [5.41, 5.74) is 3.97. The number of carbonyl (C=O) groups excluding carboxylic acids is 1. The largest absolute Gasteiger partial charge is 0.436 e. The van der Waals surface area contributed by atoms with Crippen molar-refractivity contribution < 1.29 is 9.21 Å². The van der Waals surface area contributed by atoms with Crippen LogP contribution in [-0.4, -0.2) is 37.7 Å². The second-order valence-electron chi connectivity index (χ2n) is 8.23. The molecule has 6 rings (SSSR count). The van der Waals surface area contributed by atoms with Crippen molar-refractivity contribution >= 4 is 39.4 Å². The van der Waals surface area contributed by atoms with Crippen LogP contribution in [0.5, 0.6) is 0 Å². The number of amides is 1. The van der Waals surface area contributed by atoms with E-state index < -0.39 is 0 Å². The van der Waals surface area contributed by atoms with E-state index in [0.717, 1.165) is 46.0 Å². The molecule has 4 aromatic heterocycles. The van der Waals surface area contributed by atoms with Gasteiger partial charge in [0.15, 0.2) is 5.58 Å². The normalized spacial score (nSPS) is 13.5. The van der Waals surface area contributed by atoms with Crippen molar-refractivity contribution in [1.82, 2.24) is 24.7 Å². The van der Waals surface area contributed by atoms with Gasteiger partial charge < -0.3 is 15.1 Å². The van der Waals surface area contributed by atoms with Crippen LogP contribution in [0.15, 0.2) is 53.3 Å². The van der Waals surface area contributed by atoms with Crippen LogP contribution in [0, 0.1) is 5.92 Å². The van der Waals surface area contributed by atoms with Crippen LogP contribution >= 0.6 is 0 Å². The summed E-state index contributed by atoms with van der Waals surface area (Å²) in [6.45, 7) is 0. The van der Waals surface area contributed by atoms with Crippen LogP contribution in [0.25, 0.3) is 44.6 Å². The molecule has 4 heterocycles. The monoisotopic (exact) mass is 439 g/mol. The number of hydrogen-bond acceptors (Lipinski definition) is 7. The number of benzene rings is 1. The van der Waals surface area contributed by atoms with Gasteiger partial charge in [-0.3, -0.25) is 9.48 Å². The van der Waals surface area contributed by atoms with E-state index in [4.69, 9.17) is 9.40 Å². The van der Waals surface area contributed by atoms with Gasteiger partial charge in [0.25, 0.3) is 0 Å². The number of hydrogen-bond donors (Lipinski definition) is 2. The number of oxazole rings is 1. The number of fused-ring (bicyclic) bond motifs is 2. The minimum atomic E-state index is 0.00945. The van der Waals surface area contributed by atoms with Gasteiger partial charge in [0.1, 0.15) is 17.2 Å². The standard InChI is InChI=1S/C24H21N7O2/c1-25-22-16-11-26-21(29-23(32)13-3-4-13)10-15(16)17(12-27-22)24-28-19-9-14(5-6-20(19)33-24)18-7-8-31(2)30-18/h5-13H,3-4H2,1-2H3,(H,25,27)(H,26,29,32). The maximum atomic E-state index is 12.2. The Bertz CT molecular complexity index is 1530. The summed E-state index contributed by atoms with van der Waals surface area (Å²) in [4.78, 5) is 25.9. The molecule has 2 N–H and O–H groups in total. The predicted molar refractivity (Wildman–Crippen MR) is 126 cm³/mol. The molecular formula is C24H21N7O2. The summed E-state index contributed by atoms with van der Waals surface area (Å²) in [6, 6.07) is 9.64. The van der Waals surface area contributed by atoms with Crippen LogP contribution in [0.3, 0.4) is 0 Å². The molecule has 9 nitrogen and oxygen atoms in total. The summed E-state index contributed by atoms with van der Waals surface area (Å²) in [7, 11) is 3.70. The molecule has 0 atom stereocenters. The average Bonchev–Trinajstić information content (AvgIpc) is 3.46. The van der Waals surface area contributed by atoms with Gasteiger partial charge in [-0.2, -0.15) is 5.10 Å². The molecule has 1 aliphatic rings. The Morgan fingerprint density at radius 3 is 2.76 bits per heavy atom. The Kier molecular flexibility index (Phi) is 4.36. The summed E-state index contributed by atoms with van der Waals surface area (Å²) >= 11 is 0. The van der Waals surface area contributed by atoms with E-state index >= 15 is 0 Å². The highest BCUT2D eigenvalue weighted by atomic mass is 16.3. The lowest BCUT2D eigenvalue weighted by atomic mass is 10.1. The quantitative estimate of drug-likeness (QED) is 0.422.